The fraction of sp³-hybridized carbons (Fsp3) is 0.583. The lowest BCUT2D eigenvalue weighted by molar-refractivity contribution is -0.161. The molecule has 220 valence electrons. The van der Waals surface area contributed by atoms with Crippen molar-refractivity contribution in [3.05, 3.63) is 21.2 Å². The number of carbonyl (C=O) groups is 4. The molecule has 1 fully saturated rings. The maximum absolute atomic E-state index is 14.3. The first-order valence-electron chi connectivity index (χ1n) is 12.6. The van der Waals surface area contributed by atoms with Gasteiger partial charge in [0.25, 0.3) is 5.91 Å². The van der Waals surface area contributed by atoms with E-state index in [0.717, 1.165) is 29.3 Å². The van der Waals surface area contributed by atoms with Gasteiger partial charge in [0.15, 0.2) is 0 Å². The second kappa shape index (κ2) is 13.5. The average molecular weight is 599 g/mol. The van der Waals surface area contributed by atoms with Gasteiger partial charge in [0.05, 0.1) is 56.0 Å². The Morgan fingerprint density at radius 1 is 1.00 bits per heavy atom. The number of carboxylic acids is 2. The molecule has 0 aromatic carbocycles. The predicted octanol–water partition coefficient (Wildman–Crippen LogP) is -0.771. The number of carboxylic acid groups (broad SMARTS) is 2. The van der Waals surface area contributed by atoms with Crippen LogP contribution < -0.4 is 11.5 Å². The van der Waals surface area contributed by atoms with E-state index in [1.54, 1.807) is 0 Å². The zero-order valence-electron chi connectivity index (χ0n) is 22.0. The fourth-order valence-corrected chi connectivity index (χ4v) is 7.43. The number of aliphatic hydroxyl groups excluding tert-OH is 2. The maximum Gasteiger partial charge on any atom is 0.353 e. The highest BCUT2D eigenvalue weighted by molar-refractivity contribution is 8.03. The van der Waals surface area contributed by atoms with Crippen LogP contribution in [0, 0.1) is 11.8 Å². The molecule has 0 bridgehead atoms. The number of amides is 2. The second-order valence-electron chi connectivity index (χ2n) is 9.45. The molecule has 3 unspecified atom stereocenters. The summed E-state index contributed by atoms with van der Waals surface area (Å²) < 4.78 is 0. The molecule has 8 N–H and O–H groups in total. The van der Waals surface area contributed by atoms with Gasteiger partial charge in [-0.15, -0.1) is 23.5 Å². The standard InChI is InChI=1S/C24H34N6O8S2/c1-11(31)17-13-7-15(39-5-3-27-9-25)19(29(13)21(17)33)22(34)30-14(18(12(2)32)23(35)36)8-16(20(30)24(37)38)40-6-4-28-10-26/h9-14,17-18,31-32H,3-8H2,1-2H3,(H2,25,27)(H2,26,28)(H,35,36)(H,37,38)/t11-,12-,13-,14?,17?,18?/m1/s1. The monoisotopic (exact) mass is 598 g/mol. The maximum atomic E-state index is 14.3. The summed E-state index contributed by atoms with van der Waals surface area (Å²) in [7, 11) is 0. The summed E-state index contributed by atoms with van der Waals surface area (Å²) in [6.45, 7) is 3.34. The zero-order valence-corrected chi connectivity index (χ0v) is 23.7. The third kappa shape index (κ3) is 6.14. The van der Waals surface area contributed by atoms with Gasteiger partial charge in [-0.2, -0.15) is 0 Å². The van der Waals surface area contributed by atoms with Gasteiger partial charge in [-0.3, -0.25) is 29.3 Å². The van der Waals surface area contributed by atoms with Crippen molar-refractivity contribution in [2.24, 2.45) is 33.3 Å². The smallest absolute Gasteiger partial charge is 0.353 e. The van der Waals surface area contributed by atoms with Crippen LogP contribution in [-0.4, -0.2) is 116 Å². The summed E-state index contributed by atoms with van der Waals surface area (Å²) >= 11 is 2.37. The SMILES string of the molecule is C[C@@H](O)C(C(=O)O)C1CC(SCCN=CN)=C(C(=O)O)N1C(=O)C1=C(SCCN=CN)C[C@@H]2C([C@@H](C)O)C(=O)N12. The largest absolute Gasteiger partial charge is 0.481 e. The van der Waals surface area contributed by atoms with Crippen LogP contribution in [-0.2, 0) is 19.2 Å². The van der Waals surface area contributed by atoms with Crippen LogP contribution in [0.3, 0.4) is 0 Å². The predicted molar refractivity (Wildman–Crippen MR) is 150 cm³/mol. The van der Waals surface area contributed by atoms with Gasteiger partial charge in [0.1, 0.15) is 17.3 Å². The van der Waals surface area contributed by atoms with Crippen molar-refractivity contribution in [1.29, 1.82) is 0 Å². The Hall–Kier alpha value is -3.08. The van der Waals surface area contributed by atoms with Gasteiger partial charge in [0, 0.05) is 34.2 Å². The number of aliphatic imine (C=N–C) groups is 2. The molecule has 3 rings (SSSR count). The highest BCUT2D eigenvalue weighted by Gasteiger charge is 2.58. The van der Waals surface area contributed by atoms with Crippen molar-refractivity contribution in [3.63, 3.8) is 0 Å². The van der Waals surface area contributed by atoms with Gasteiger partial charge in [0.2, 0.25) is 5.91 Å². The molecule has 0 radical (unpaired) electrons. The highest BCUT2D eigenvalue weighted by atomic mass is 32.2. The number of nitrogens with two attached hydrogens (primary N) is 2. The Kier molecular flexibility index (Phi) is 10.6. The van der Waals surface area contributed by atoms with E-state index in [-0.39, 0.29) is 30.0 Å². The molecule has 1 saturated heterocycles. The van der Waals surface area contributed by atoms with Gasteiger partial charge < -0.3 is 36.8 Å². The molecule has 40 heavy (non-hydrogen) atoms. The Morgan fingerprint density at radius 3 is 2.00 bits per heavy atom. The van der Waals surface area contributed by atoms with E-state index in [1.807, 2.05) is 0 Å². The lowest BCUT2D eigenvalue weighted by Crippen LogP contribution is -2.62. The minimum Gasteiger partial charge on any atom is -0.481 e. The summed E-state index contributed by atoms with van der Waals surface area (Å²) in [6, 6.07) is -1.74. The van der Waals surface area contributed by atoms with E-state index in [1.165, 1.54) is 30.5 Å². The summed E-state index contributed by atoms with van der Waals surface area (Å²) in [5, 5.41) is 40.7. The second-order valence-corrected chi connectivity index (χ2v) is 11.8. The number of hydrogen-bond acceptors (Lipinski definition) is 10. The van der Waals surface area contributed by atoms with Crippen LogP contribution in [0.15, 0.2) is 31.2 Å². The number of nitrogens with zero attached hydrogens (tertiary/aromatic N) is 4. The minimum atomic E-state index is -1.51. The minimum absolute atomic E-state index is 0.0499. The third-order valence-corrected chi connectivity index (χ3v) is 9.16. The van der Waals surface area contributed by atoms with Crippen LogP contribution in [0.5, 0.6) is 0 Å². The molecule has 6 atom stereocenters. The normalized spacial score (nSPS) is 25.1. The van der Waals surface area contributed by atoms with Crippen LogP contribution >= 0.6 is 23.5 Å². The molecular weight excluding hydrogens is 564 g/mol. The molecule has 2 amide bonds. The van der Waals surface area contributed by atoms with Crippen LogP contribution in [0.25, 0.3) is 0 Å². The molecule has 16 heteroatoms. The first-order chi connectivity index (χ1) is 19.0. The first kappa shape index (κ1) is 31.4. The topological polar surface area (TPSA) is 232 Å². The molecule has 0 saturated carbocycles. The summed E-state index contributed by atoms with van der Waals surface area (Å²) in [4.78, 5) is 62.9. The van der Waals surface area contributed by atoms with E-state index >= 15 is 0 Å². The van der Waals surface area contributed by atoms with Crippen molar-refractivity contribution in [1.82, 2.24) is 9.80 Å². The third-order valence-electron chi connectivity index (χ3n) is 6.97. The fourth-order valence-electron chi connectivity index (χ4n) is 5.33. The van der Waals surface area contributed by atoms with E-state index in [9.17, 15) is 39.6 Å². The van der Waals surface area contributed by atoms with Crippen molar-refractivity contribution >= 4 is 60.0 Å². The number of fused-ring (bicyclic) bond motifs is 1. The molecule has 14 nitrogen and oxygen atoms in total. The zero-order chi connectivity index (χ0) is 29.7. The molecule has 3 heterocycles. The van der Waals surface area contributed by atoms with Gasteiger partial charge in [-0.1, -0.05) is 0 Å². The van der Waals surface area contributed by atoms with E-state index in [2.05, 4.69) is 9.98 Å². The molecule has 3 aliphatic heterocycles. The van der Waals surface area contributed by atoms with Gasteiger partial charge in [-0.25, -0.2) is 4.79 Å². The van der Waals surface area contributed by atoms with Crippen molar-refractivity contribution in [2.75, 3.05) is 24.6 Å². The van der Waals surface area contributed by atoms with Crippen molar-refractivity contribution in [2.45, 2.75) is 51.0 Å². The van der Waals surface area contributed by atoms with Crippen LogP contribution in [0.2, 0.25) is 0 Å². The summed E-state index contributed by atoms with van der Waals surface area (Å²) in [5.41, 5.74) is 10.1. The molecule has 3 aliphatic rings. The van der Waals surface area contributed by atoms with Gasteiger partial charge >= 0.3 is 11.9 Å². The van der Waals surface area contributed by atoms with E-state index in [4.69, 9.17) is 11.5 Å². The van der Waals surface area contributed by atoms with E-state index in [0.29, 0.717) is 23.0 Å². The molecule has 0 aromatic heterocycles. The van der Waals surface area contributed by atoms with Crippen LogP contribution in [0.4, 0.5) is 0 Å². The number of aliphatic carboxylic acids is 2. The number of rotatable bonds is 14. The Bertz CT molecular complexity index is 1150. The summed E-state index contributed by atoms with van der Waals surface area (Å²) in [5.74, 6) is -5.70. The number of hydrogen-bond donors (Lipinski definition) is 6. The Labute approximate surface area is 239 Å². The molecule has 0 aromatic rings. The summed E-state index contributed by atoms with van der Waals surface area (Å²) in [6.07, 6.45) is 0.0189. The molecular formula is C24H34N6O8S2. The Morgan fingerprint density at radius 2 is 1.55 bits per heavy atom. The highest BCUT2D eigenvalue weighted by Crippen LogP contribution is 2.49. The number of β-lactam (4-membered cyclic amide) rings is 1. The lowest BCUT2D eigenvalue weighted by Gasteiger charge is -2.45. The van der Waals surface area contributed by atoms with Gasteiger partial charge in [-0.05, 0) is 13.8 Å². The molecule has 0 spiro atoms. The average Bonchev–Trinajstić information content (AvgIpc) is 3.39. The van der Waals surface area contributed by atoms with E-state index < -0.39 is 65.6 Å². The van der Waals surface area contributed by atoms with Crippen LogP contribution in [0.1, 0.15) is 26.7 Å². The van der Waals surface area contributed by atoms with Crippen molar-refractivity contribution in [3.8, 4) is 0 Å². The first-order valence-corrected chi connectivity index (χ1v) is 14.6. The Balaban J connectivity index is 2.09. The number of aliphatic hydroxyl groups is 2. The number of carbonyl (C=O) groups excluding carboxylic acids is 2. The van der Waals surface area contributed by atoms with Crippen molar-refractivity contribution < 1.29 is 39.6 Å². The molecule has 0 aliphatic carbocycles. The lowest BCUT2D eigenvalue weighted by atomic mass is 9.83. The quantitative estimate of drug-likeness (QED) is 0.0626. The number of thioether (sulfide) groups is 2.